The number of phenols is 1. The molecule has 1 aliphatic rings. The van der Waals surface area contributed by atoms with Crippen molar-refractivity contribution < 1.29 is 18.8 Å². The number of halogens is 1. The van der Waals surface area contributed by atoms with Gasteiger partial charge >= 0.3 is 0 Å². The van der Waals surface area contributed by atoms with Crippen molar-refractivity contribution in [2.45, 2.75) is 32.6 Å². The number of aryl methyl sites for hydroxylation is 2. The van der Waals surface area contributed by atoms with Gasteiger partial charge in [-0.3, -0.25) is 4.79 Å². The van der Waals surface area contributed by atoms with Gasteiger partial charge in [0, 0.05) is 17.9 Å². The Morgan fingerprint density at radius 3 is 2.78 bits per heavy atom. The van der Waals surface area contributed by atoms with Crippen LogP contribution < -0.4 is 5.32 Å². The second-order valence-corrected chi connectivity index (χ2v) is 8.20. The molecule has 0 saturated carbocycles. The number of likely N-dealkylation sites (tertiary alicyclic amines) is 1. The Morgan fingerprint density at radius 2 is 2.03 bits per heavy atom. The summed E-state index contributed by atoms with van der Waals surface area (Å²) in [5.74, 6) is 0.630. The summed E-state index contributed by atoms with van der Waals surface area (Å²) in [4.78, 5) is 19.2. The largest absolute Gasteiger partial charge is 0.506 e. The lowest BCUT2D eigenvalue weighted by molar-refractivity contribution is -0.121. The average Bonchev–Trinajstić information content (AvgIpc) is 3.26. The van der Waals surface area contributed by atoms with Gasteiger partial charge in [-0.1, -0.05) is 29.4 Å². The lowest BCUT2D eigenvalue weighted by Crippen LogP contribution is -2.38. The molecule has 0 aliphatic carbocycles. The SMILES string of the molecule is Cc1ccc(-c2noc(CCCN3CCC(C(=O)Nc4ccccc4O)CC3)n2)cc1F. The minimum absolute atomic E-state index is 0.0444. The second kappa shape index (κ2) is 9.91. The number of piperidine rings is 1. The molecule has 0 atom stereocenters. The molecule has 32 heavy (non-hydrogen) atoms. The molecule has 168 valence electrons. The minimum atomic E-state index is -0.286. The minimum Gasteiger partial charge on any atom is -0.506 e. The molecular weight excluding hydrogens is 411 g/mol. The van der Waals surface area contributed by atoms with Gasteiger partial charge in [0.2, 0.25) is 17.6 Å². The predicted molar refractivity (Wildman–Crippen MR) is 119 cm³/mol. The average molecular weight is 439 g/mol. The highest BCUT2D eigenvalue weighted by Crippen LogP contribution is 2.25. The maximum absolute atomic E-state index is 13.8. The summed E-state index contributed by atoms with van der Waals surface area (Å²) in [7, 11) is 0. The van der Waals surface area contributed by atoms with E-state index in [0.29, 0.717) is 35.0 Å². The van der Waals surface area contributed by atoms with Crippen molar-refractivity contribution in [3.63, 3.8) is 0 Å². The summed E-state index contributed by atoms with van der Waals surface area (Å²) >= 11 is 0. The van der Waals surface area contributed by atoms with Crippen LogP contribution in [0.2, 0.25) is 0 Å². The van der Waals surface area contributed by atoms with E-state index in [4.69, 9.17) is 4.52 Å². The summed E-state index contributed by atoms with van der Waals surface area (Å²) in [5.41, 5.74) is 1.64. The third kappa shape index (κ3) is 5.31. The molecule has 1 fully saturated rings. The zero-order valence-corrected chi connectivity index (χ0v) is 18.1. The third-order valence-corrected chi connectivity index (χ3v) is 5.88. The number of benzene rings is 2. The highest BCUT2D eigenvalue weighted by molar-refractivity contribution is 5.93. The molecule has 8 heteroatoms. The van der Waals surface area contributed by atoms with E-state index < -0.39 is 0 Å². The van der Waals surface area contributed by atoms with Crippen LogP contribution in [0.4, 0.5) is 10.1 Å². The van der Waals surface area contributed by atoms with E-state index in [2.05, 4.69) is 20.4 Å². The normalized spacial score (nSPS) is 15.1. The highest BCUT2D eigenvalue weighted by Gasteiger charge is 2.25. The number of aromatic hydroxyl groups is 1. The van der Waals surface area contributed by atoms with Crippen molar-refractivity contribution in [3.8, 4) is 17.1 Å². The van der Waals surface area contributed by atoms with E-state index in [0.717, 1.165) is 38.9 Å². The molecule has 0 radical (unpaired) electrons. The number of hydrogen-bond donors (Lipinski definition) is 2. The summed E-state index contributed by atoms with van der Waals surface area (Å²) in [5, 5.41) is 16.6. The van der Waals surface area contributed by atoms with E-state index >= 15 is 0 Å². The van der Waals surface area contributed by atoms with Crippen LogP contribution in [0.3, 0.4) is 0 Å². The number of phenolic OH excluding ortho intramolecular Hbond substituents is 1. The predicted octanol–water partition coefficient (Wildman–Crippen LogP) is 4.17. The van der Waals surface area contributed by atoms with Gasteiger partial charge in [-0.25, -0.2) is 4.39 Å². The number of nitrogens with one attached hydrogen (secondary N) is 1. The Morgan fingerprint density at radius 1 is 1.25 bits per heavy atom. The fourth-order valence-electron chi connectivity index (χ4n) is 3.89. The summed E-state index contributed by atoms with van der Waals surface area (Å²) < 4.78 is 19.1. The van der Waals surface area contributed by atoms with Crippen molar-refractivity contribution in [2.75, 3.05) is 25.0 Å². The Labute approximate surface area is 186 Å². The molecule has 1 aromatic heterocycles. The van der Waals surface area contributed by atoms with Gasteiger partial charge in [-0.05, 0) is 69.6 Å². The maximum Gasteiger partial charge on any atom is 0.227 e. The first-order valence-corrected chi connectivity index (χ1v) is 10.9. The molecule has 4 rings (SSSR count). The fraction of sp³-hybridized carbons (Fsp3) is 0.375. The van der Waals surface area contributed by atoms with Gasteiger partial charge in [0.05, 0.1) is 5.69 Å². The molecule has 7 nitrogen and oxygen atoms in total. The van der Waals surface area contributed by atoms with Crippen LogP contribution in [0.1, 0.15) is 30.7 Å². The molecule has 1 aliphatic heterocycles. The fourth-order valence-corrected chi connectivity index (χ4v) is 3.89. The van der Waals surface area contributed by atoms with Gasteiger partial charge in [0.25, 0.3) is 0 Å². The number of rotatable bonds is 7. The quantitative estimate of drug-likeness (QED) is 0.538. The van der Waals surface area contributed by atoms with Gasteiger partial charge in [0.15, 0.2) is 0 Å². The van der Waals surface area contributed by atoms with Crippen molar-refractivity contribution in [3.05, 3.63) is 59.7 Å². The smallest absolute Gasteiger partial charge is 0.227 e. The van der Waals surface area contributed by atoms with Gasteiger partial charge in [-0.15, -0.1) is 0 Å². The van der Waals surface area contributed by atoms with Crippen LogP contribution in [0, 0.1) is 18.7 Å². The van der Waals surface area contributed by atoms with Crippen molar-refractivity contribution in [1.29, 1.82) is 0 Å². The Bertz CT molecular complexity index is 1080. The monoisotopic (exact) mass is 438 g/mol. The molecule has 0 spiro atoms. The molecule has 0 bridgehead atoms. The molecule has 2 N–H and O–H groups in total. The van der Waals surface area contributed by atoms with Crippen molar-refractivity contribution in [2.24, 2.45) is 5.92 Å². The van der Waals surface area contributed by atoms with E-state index in [1.54, 1.807) is 43.3 Å². The number of nitrogens with zero attached hydrogens (tertiary/aromatic N) is 3. The Kier molecular flexibility index (Phi) is 6.80. The van der Waals surface area contributed by atoms with Crippen LogP contribution in [0.15, 0.2) is 47.0 Å². The lowest BCUT2D eigenvalue weighted by atomic mass is 9.95. The van der Waals surface area contributed by atoms with Crippen LogP contribution >= 0.6 is 0 Å². The summed E-state index contributed by atoms with van der Waals surface area (Å²) in [6, 6.07) is 11.7. The number of aromatic nitrogens is 2. The number of hydrogen-bond acceptors (Lipinski definition) is 6. The van der Waals surface area contributed by atoms with Gasteiger partial charge < -0.3 is 19.8 Å². The second-order valence-electron chi connectivity index (χ2n) is 8.20. The number of carbonyl (C=O) groups is 1. The van der Waals surface area contributed by atoms with E-state index in [9.17, 15) is 14.3 Å². The highest BCUT2D eigenvalue weighted by atomic mass is 19.1. The Hall–Kier alpha value is -3.26. The maximum atomic E-state index is 13.8. The molecule has 1 amide bonds. The molecule has 3 aromatic rings. The zero-order chi connectivity index (χ0) is 22.5. The lowest BCUT2D eigenvalue weighted by Gasteiger charge is -2.31. The van der Waals surface area contributed by atoms with Gasteiger partial charge in [-0.2, -0.15) is 4.98 Å². The van der Waals surface area contributed by atoms with E-state index in [1.807, 2.05) is 0 Å². The van der Waals surface area contributed by atoms with Crippen LogP contribution in [0.5, 0.6) is 5.75 Å². The number of amides is 1. The third-order valence-electron chi connectivity index (χ3n) is 5.88. The Balaban J connectivity index is 1.20. The first kappa shape index (κ1) is 22.0. The molecule has 1 saturated heterocycles. The zero-order valence-electron chi connectivity index (χ0n) is 18.1. The number of para-hydroxylation sites is 2. The number of carbonyl (C=O) groups excluding carboxylic acids is 1. The summed E-state index contributed by atoms with van der Waals surface area (Å²) in [6.45, 7) is 4.28. The van der Waals surface area contributed by atoms with Crippen molar-refractivity contribution >= 4 is 11.6 Å². The van der Waals surface area contributed by atoms with Gasteiger partial charge in [0.1, 0.15) is 11.6 Å². The van der Waals surface area contributed by atoms with E-state index in [1.165, 1.54) is 6.07 Å². The van der Waals surface area contributed by atoms with Crippen molar-refractivity contribution in [1.82, 2.24) is 15.0 Å². The first-order chi connectivity index (χ1) is 15.5. The van der Waals surface area contributed by atoms with E-state index in [-0.39, 0.29) is 23.4 Å². The molecular formula is C24H27FN4O3. The molecule has 2 aromatic carbocycles. The standard InChI is InChI=1S/C24H27FN4O3/c1-16-8-9-18(15-19(16)25)23-27-22(32-28-23)7-4-12-29-13-10-17(11-14-29)24(31)26-20-5-2-3-6-21(20)30/h2-3,5-6,8-9,15,17,30H,4,7,10-14H2,1H3,(H,26,31). The topological polar surface area (TPSA) is 91.5 Å². The summed E-state index contributed by atoms with van der Waals surface area (Å²) in [6.07, 6.45) is 3.07. The molecule has 0 unspecified atom stereocenters. The number of anilines is 1. The molecule has 2 heterocycles. The van der Waals surface area contributed by atoms with Crippen LogP contribution in [-0.4, -0.2) is 45.7 Å². The first-order valence-electron chi connectivity index (χ1n) is 10.9. The van der Waals surface area contributed by atoms with Crippen LogP contribution in [0.25, 0.3) is 11.4 Å². The van der Waals surface area contributed by atoms with Crippen LogP contribution in [-0.2, 0) is 11.2 Å².